The van der Waals surface area contributed by atoms with Gasteiger partial charge in [0.15, 0.2) is 0 Å². The van der Waals surface area contributed by atoms with Crippen molar-refractivity contribution in [3.8, 4) is 0 Å². The standard InChI is InChI=1S/C16H26N2O2S/c1-4-9-17-12-15-8-7-13(2)16(11-15)21(19,20)18-10-5-6-14(18)3/h7-8,11,14,17H,4-6,9-10,12H2,1-3H3. The molecule has 1 N–H and O–H groups in total. The number of aryl methyl sites for hydroxylation is 1. The van der Waals surface area contributed by atoms with Gasteiger partial charge in [-0.25, -0.2) is 8.42 Å². The lowest BCUT2D eigenvalue weighted by Gasteiger charge is -2.22. The minimum atomic E-state index is -3.37. The van der Waals surface area contributed by atoms with E-state index in [2.05, 4.69) is 12.2 Å². The molecule has 21 heavy (non-hydrogen) atoms. The SMILES string of the molecule is CCCNCc1ccc(C)c(S(=O)(=O)N2CCCC2C)c1. The number of rotatable bonds is 6. The molecular weight excluding hydrogens is 284 g/mol. The summed E-state index contributed by atoms with van der Waals surface area (Å²) in [6.45, 7) is 8.28. The number of nitrogens with one attached hydrogen (secondary N) is 1. The average molecular weight is 310 g/mol. The molecule has 1 aromatic carbocycles. The maximum Gasteiger partial charge on any atom is 0.243 e. The van der Waals surface area contributed by atoms with Gasteiger partial charge in [0.25, 0.3) is 0 Å². The predicted octanol–water partition coefficient (Wildman–Crippen LogP) is 2.67. The maximum atomic E-state index is 12.9. The first-order valence-corrected chi connectivity index (χ1v) is 9.23. The molecule has 0 aliphatic carbocycles. The fourth-order valence-corrected chi connectivity index (χ4v) is 4.81. The molecule has 4 nitrogen and oxygen atoms in total. The largest absolute Gasteiger partial charge is 0.313 e. The summed E-state index contributed by atoms with van der Waals surface area (Å²) in [5, 5.41) is 3.32. The average Bonchev–Trinajstić information content (AvgIpc) is 2.88. The Balaban J connectivity index is 2.27. The van der Waals surface area contributed by atoms with Gasteiger partial charge in [-0.3, -0.25) is 0 Å². The van der Waals surface area contributed by atoms with Gasteiger partial charge in [-0.05, 0) is 56.8 Å². The Bertz CT molecular complexity index is 584. The van der Waals surface area contributed by atoms with Crippen LogP contribution in [0.3, 0.4) is 0 Å². The molecule has 0 saturated carbocycles. The molecule has 1 unspecified atom stereocenters. The molecule has 1 heterocycles. The normalized spacial score (nSPS) is 20.0. The summed E-state index contributed by atoms with van der Waals surface area (Å²) in [6, 6.07) is 5.86. The van der Waals surface area contributed by atoms with Crippen LogP contribution in [-0.4, -0.2) is 31.9 Å². The Morgan fingerprint density at radius 2 is 2.14 bits per heavy atom. The van der Waals surface area contributed by atoms with Gasteiger partial charge >= 0.3 is 0 Å². The predicted molar refractivity (Wildman–Crippen MR) is 85.8 cm³/mol. The third-order valence-electron chi connectivity index (χ3n) is 4.09. The van der Waals surface area contributed by atoms with E-state index in [-0.39, 0.29) is 6.04 Å². The second kappa shape index (κ2) is 6.90. The zero-order valence-corrected chi connectivity index (χ0v) is 14.0. The number of nitrogens with zero attached hydrogens (tertiary/aromatic N) is 1. The van der Waals surface area contributed by atoms with Crippen LogP contribution in [0, 0.1) is 6.92 Å². The van der Waals surface area contributed by atoms with Crippen molar-refractivity contribution in [2.75, 3.05) is 13.1 Å². The highest BCUT2D eigenvalue weighted by atomic mass is 32.2. The van der Waals surface area contributed by atoms with Gasteiger partial charge in [0.2, 0.25) is 10.0 Å². The van der Waals surface area contributed by atoms with Crippen molar-refractivity contribution in [3.05, 3.63) is 29.3 Å². The zero-order valence-electron chi connectivity index (χ0n) is 13.2. The molecule has 0 amide bonds. The summed E-state index contributed by atoms with van der Waals surface area (Å²) in [5.41, 5.74) is 1.85. The summed E-state index contributed by atoms with van der Waals surface area (Å²) in [4.78, 5) is 0.465. The van der Waals surface area contributed by atoms with E-state index in [4.69, 9.17) is 0 Å². The zero-order chi connectivity index (χ0) is 15.5. The van der Waals surface area contributed by atoms with E-state index in [1.54, 1.807) is 4.31 Å². The molecule has 1 aliphatic heterocycles. The van der Waals surface area contributed by atoms with Gasteiger partial charge in [0, 0.05) is 19.1 Å². The summed E-state index contributed by atoms with van der Waals surface area (Å²) in [6.07, 6.45) is 2.98. The van der Waals surface area contributed by atoms with E-state index in [1.807, 2.05) is 32.0 Å². The van der Waals surface area contributed by atoms with E-state index >= 15 is 0 Å². The Kier molecular flexibility index (Phi) is 5.41. The minimum absolute atomic E-state index is 0.108. The fourth-order valence-electron chi connectivity index (χ4n) is 2.83. The van der Waals surface area contributed by atoms with Gasteiger partial charge in [0.05, 0.1) is 4.90 Å². The van der Waals surface area contributed by atoms with Crippen molar-refractivity contribution < 1.29 is 8.42 Å². The maximum absolute atomic E-state index is 12.9. The number of hydrogen-bond donors (Lipinski definition) is 1. The van der Waals surface area contributed by atoms with Gasteiger partial charge in [-0.15, -0.1) is 0 Å². The molecule has 118 valence electrons. The third kappa shape index (κ3) is 3.65. The van der Waals surface area contributed by atoms with Crippen molar-refractivity contribution in [2.24, 2.45) is 0 Å². The van der Waals surface area contributed by atoms with E-state index in [0.29, 0.717) is 18.0 Å². The second-order valence-electron chi connectivity index (χ2n) is 5.88. The van der Waals surface area contributed by atoms with Crippen molar-refractivity contribution in [3.63, 3.8) is 0 Å². The number of sulfonamides is 1. The van der Waals surface area contributed by atoms with E-state index in [9.17, 15) is 8.42 Å². The molecule has 0 bridgehead atoms. The van der Waals surface area contributed by atoms with Crippen molar-refractivity contribution in [1.29, 1.82) is 0 Å². The smallest absolute Gasteiger partial charge is 0.243 e. The van der Waals surface area contributed by atoms with Crippen LogP contribution in [0.2, 0.25) is 0 Å². The van der Waals surface area contributed by atoms with Crippen LogP contribution < -0.4 is 5.32 Å². The van der Waals surface area contributed by atoms with Gasteiger partial charge in [-0.1, -0.05) is 19.1 Å². The fraction of sp³-hybridized carbons (Fsp3) is 0.625. The van der Waals surface area contributed by atoms with E-state index in [1.165, 1.54) is 0 Å². The van der Waals surface area contributed by atoms with Crippen LogP contribution in [0.25, 0.3) is 0 Å². The molecule has 1 atom stereocenters. The van der Waals surface area contributed by atoms with Gasteiger partial charge in [-0.2, -0.15) is 4.31 Å². The summed E-state index contributed by atoms with van der Waals surface area (Å²) in [5.74, 6) is 0. The van der Waals surface area contributed by atoms with Crippen LogP contribution in [-0.2, 0) is 16.6 Å². The molecular formula is C16H26N2O2S. The van der Waals surface area contributed by atoms with Crippen LogP contribution >= 0.6 is 0 Å². The Labute approximate surface area is 128 Å². The van der Waals surface area contributed by atoms with Crippen LogP contribution in [0.15, 0.2) is 23.1 Å². The second-order valence-corrected chi connectivity index (χ2v) is 7.74. The molecule has 1 aliphatic rings. The van der Waals surface area contributed by atoms with Gasteiger partial charge in [0.1, 0.15) is 0 Å². The molecule has 0 radical (unpaired) electrons. The lowest BCUT2D eigenvalue weighted by Crippen LogP contribution is -2.34. The van der Waals surface area contributed by atoms with Crippen LogP contribution in [0.1, 0.15) is 44.2 Å². The quantitative estimate of drug-likeness (QED) is 0.822. The van der Waals surface area contributed by atoms with E-state index < -0.39 is 10.0 Å². The van der Waals surface area contributed by atoms with Crippen molar-refractivity contribution in [1.82, 2.24) is 9.62 Å². The first-order valence-electron chi connectivity index (χ1n) is 7.79. The van der Waals surface area contributed by atoms with Crippen LogP contribution in [0.5, 0.6) is 0 Å². The highest BCUT2D eigenvalue weighted by Gasteiger charge is 2.33. The number of benzene rings is 1. The minimum Gasteiger partial charge on any atom is -0.313 e. The third-order valence-corrected chi connectivity index (χ3v) is 6.24. The molecule has 0 spiro atoms. The van der Waals surface area contributed by atoms with Crippen molar-refractivity contribution >= 4 is 10.0 Å². The molecule has 1 saturated heterocycles. The molecule has 2 rings (SSSR count). The lowest BCUT2D eigenvalue weighted by atomic mass is 10.1. The highest BCUT2D eigenvalue weighted by molar-refractivity contribution is 7.89. The molecule has 0 aromatic heterocycles. The summed E-state index contributed by atoms with van der Waals surface area (Å²) < 4.78 is 27.4. The monoisotopic (exact) mass is 310 g/mol. The number of hydrogen-bond acceptors (Lipinski definition) is 3. The molecule has 5 heteroatoms. The molecule has 1 aromatic rings. The summed E-state index contributed by atoms with van der Waals surface area (Å²) >= 11 is 0. The topological polar surface area (TPSA) is 49.4 Å². The van der Waals surface area contributed by atoms with E-state index in [0.717, 1.165) is 36.9 Å². The summed E-state index contributed by atoms with van der Waals surface area (Å²) in [7, 11) is -3.37. The Morgan fingerprint density at radius 1 is 1.38 bits per heavy atom. The van der Waals surface area contributed by atoms with Gasteiger partial charge < -0.3 is 5.32 Å². The Hall–Kier alpha value is -0.910. The first-order chi connectivity index (χ1) is 9.96. The van der Waals surface area contributed by atoms with Crippen molar-refractivity contribution in [2.45, 2.75) is 57.5 Å². The highest BCUT2D eigenvalue weighted by Crippen LogP contribution is 2.28. The molecule has 1 fully saturated rings. The Morgan fingerprint density at radius 3 is 2.76 bits per heavy atom. The first kappa shape index (κ1) is 16.5. The lowest BCUT2D eigenvalue weighted by molar-refractivity contribution is 0.408. The van der Waals surface area contributed by atoms with Crippen LogP contribution in [0.4, 0.5) is 0 Å².